The Labute approximate surface area is 123 Å². The molecule has 0 spiro atoms. The smallest absolute Gasteiger partial charge is 0.265 e. The van der Waals surface area contributed by atoms with Crippen LogP contribution in [0.3, 0.4) is 0 Å². The van der Waals surface area contributed by atoms with Crippen LogP contribution < -0.4 is 15.0 Å². The largest absolute Gasteiger partial charge is 0.477 e. The molecule has 21 heavy (non-hydrogen) atoms. The number of nitrogens with one attached hydrogen (secondary N) is 1. The molecule has 1 saturated heterocycles. The summed E-state index contributed by atoms with van der Waals surface area (Å²) in [6.07, 6.45) is 0.215. The van der Waals surface area contributed by atoms with Gasteiger partial charge in [0.2, 0.25) is 5.91 Å². The number of carbonyl (C=O) groups excluding carboxylic acids is 2. The van der Waals surface area contributed by atoms with Gasteiger partial charge < -0.3 is 19.9 Å². The predicted molar refractivity (Wildman–Crippen MR) is 78.3 cm³/mol. The van der Waals surface area contributed by atoms with Crippen molar-refractivity contribution in [3.63, 3.8) is 0 Å². The molecule has 6 nitrogen and oxygen atoms in total. The van der Waals surface area contributed by atoms with Crippen molar-refractivity contribution in [2.75, 3.05) is 38.1 Å². The van der Waals surface area contributed by atoms with Crippen molar-refractivity contribution in [1.29, 1.82) is 0 Å². The van der Waals surface area contributed by atoms with E-state index in [0.717, 1.165) is 12.1 Å². The van der Waals surface area contributed by atoms with Crippen LogP contribution in [0.15, 0.2) is 24.3 Å². The highest BCUT2D eigenvalue weighted by molar-refractivity contribution is 5.88. The van der Waals surface area contributed by atoms with Crippen LogP contribution in [0.25, 0.3) is 0 Å². The molecule has 1 aromatic carbocycles. The molecule has 1 aromatic rings. The highest BCUT2D eigenvalue weighted by Crippen LogP contribution is 2.32. The average Bonchev–Trinajstić information content (AvgIpc) is 2.71. The summed E-state index contributed by atoms with van der Waals surface area (Å²) >= 11 is 0. The summed E-state index contributed by atoms with van der Waals surface area (Å²) in [5, 5.41) is 2.77. The molecule has 0 bridgehead atoms. The molecule has 112 valence electrons. The van der Waals surface area contributed by atoms with E-state index in [2.05, 4.69) is 5.32 Å². The number of carbonyl (C=O) groups is 2. The summed E-state index contributed by atoms with van der Waals surface area (Å²) < 4.78 is 5.83. The molecule has 0 saturated carbocycles. The molecule has 0 radical (unpaired) electrons. The standard InChI is InChI=1S/C15H19N3O3/c1-17-9-13(21-12-6-3-2-5-11(12)17)15(20)18-8-4-7-16-14(19)10-18/h2-3,5-6,13H,4,7-10H2,1H3,(H,16,19). The second-order valence-electron chi connectivity index (χ2n) is 5.42. The van der Waals surface area contributed by atoms with Crippen LogP contribution >= 0.6 is 0 Å². The molecule has 3 rings (SSSR count). The monoisotopic (exact) mass is 289 g/mol. The van der Waals surface area contributed by atoms with Gasteiger partial charge in [-0.05, 0) is 18.6 Å². The quantitative estimate of drug-likeness (QED) is 0.804. The number of hydrogen-bond donors (Lipinski definition) is 1. The van der Waals surface area contributed by atoms with Crippen LogP contribution in [0.2, 0.25) is 0 Å². The molecular weight excluding hydrogens is 270 g/mol. The molecule has 2 heterocycles. The summed E-state index contributed by atoms with van der Waals surface area (Å²) in [4.78, 5) is 27.8. The van der Waals surface area contributed by atoms with E-state index in [9.17, 15) is 9.59 Å². The fourth-order valence-corrected chi connectivity index (χ4v) is 2.74. The minimum atomic E-state index is -0.559. The van der Waals surface area contributed by atoms with Gasteiger partial charge in [0.15, 0.2) is 6.10 Å². The van der Waals surface area contributed by atoms with E-state index < -0.39 is 6.10 Å². The number of rotatable bonds is 1. The van der Waals surface area contributed by atoms with Crippen molar-refractivity contribution in [3.8, 4) is 5.75 Å². The lowest BCUT2D eigenvalue weighted by Crippen LogP contribution is -2.50. The Bertz CT molecular complexity index is 561. The van der Waals surface area contributed by atoms with Gasteiger partial charge in [-0.25, -0.2) is 0 Å². The van der Waals surface area contributed by atoms with E-state index >= 15 is 0 Å². The molecule has 1 N–H and O–H groups in total. The number of benzene rings is 1. The first kappa shape index (κ1) is 13.7. The Morgan fingerprint density at radius 2 is 2.19 bits per heavy atom. The van der Waals surface area contributed by atoms with E-state index in [4.69, 9.17) is 4.74 Å². The summed E-state index contributed by atoms with van der Waals surface area (Å²) in [5.41, 5.74) is 0.982. The van der Waals surface area contributed by atoms with Crippen molar-refractivity contribution < 1.29 is 14.3 Å². The Hall–Kier alpha value is -2.24. The second kappa shape index (κ2) is 5.63. The van der Waals surface area contributed by atoms with Gasteiger partial charge in [-0.1, -0.05) is 12.1 Å². The lowest BCUT2D eigenvalue weighted by molar-refractivity contribution is -0.141. The maximum Gasteiger partial charge on any atom is 0.265 e. The number of likely N-dealkylation sites (N-methyl/N-ethyl adjacent to an activating group) is 1. The van der Waals surface area contributed by atoms with Gasteiger partial charge in [0, 0.05) is 20.1 Å². The first-order valence-corrected chi connectivity index (χ1v) is 7.17. The zero-order valence-electron chi connectivity index (χ0n) is 12.0. The summed E-state index contributed by atoms with van der Waals surface area (Å²) in [5.74, 6) is 0.489. The Morgan fingerprint density at radius 3 is 3.05 bits per heavy atom. The molecule has 2 aliphatic heterocycles. The molecule has 1 atom stereocenters. The van der Waals surface area contributed by atoms with E-state index in [0.29, 0.717) is 25.4 Å². The van der Waals surface area contributed by atoms with E-state index in [1.165, 1.54) is 0 Å². The second-order valence-corrected chi connectivity index (χ2v) is 5.42. The SMILES string of the molecule is CN1CC(C(=O)N2CCCNC(=O)C2)Oc2ccccc21. The van der Waals surface area contributed by atoms with Crippen molar-refractivity contribution >= 4 is 17.5 Å². The summed E-state index contributed by atoms with van der Waals surface area (Å²) in [6, 6.07) is 7.66. The number of amides is 2. The topological polar surface area (TPSA) is 61.9 Å². The minimum absolute atomic E-state index is 0.106. The van der Waals surface area contributed by atoms with Gasteiger partial charge in [0.1, 0.15) is 5.75 Å². The first-order chi connectivity index (χ1) is 10.1. The van der Waals surface area contributed by atoms with Crippen LogP contribution in [-0.4, -0.2) is 56.0 Å². The van der Waals surface area contributed by atoms with Crippen molar-refractivity contribution in [2.45, 2.75) is 12.5 Å². The third kappa shape index (κ3) is 2.79. The van der Waals surface area contributed by atoms with Gasteiger partial charge >= 0.3 is 0 Å². The van der Waals surface area contributed by atoms with Crippen LogP contribution in [-0.2, 0) is 9.59 Å². The van der Waals surface area contributed by atoms with Gasteiger partial charge in [-0.2, -0.15) is 0 Å². The zero-order chi connectivity index (χ0) is 14.8. The number of nitrogens with zero attached hydrogens (tertiary/aromatic N) is 2. The third-order valence-corrected chi connectivity index (χ3v) is 3.83. The number of anilines is 1. The lowest BCUT2D eigenvalue weighted by atomic mass is 10.2. The number of ether oxygens (including phenoxy) is 1. The average molecular weight is 289 g/mol. The molecule has 1 unspecified atom stereocenters. The summed E-state index contributed by atoms with van der Waals surface area (Å²) in [7, 11) is 1.94. The van der Waals surface area contributed by atoms with Crippen molar-refractivity contribution in [1.82, 2.24) is 10.2 Å². The zero-order valence-corrected chi connectivity index (χ0v) is 12.0. The first-order valence-electron chi connectivity index (χ1n) is 7.17. The van der Waals surface area contributed by atoms with Crippen molar-refractivity contribution in [3.05, 3.63) is 24.3 Å². The molecule has 2 aliphatic rings. The van der Waals surface area contributed by atoms with Gasteiger partial charge in [0.05, 0.1) is 18.8 Å². The number of fused-ring (bicyclic) bond motifs is 1. The maximum absolute atomic E-state index is 12.6. The Kier molecular flexibility index (Phi) is 3.68. The van der Waals surface area contributed by atoms with E-state index in [1.807, 2.05) is 36.2 Å². The highest BCUT2D eigenvalue weighted by atomic mass is 16.5. The Morgan fingerprint density at radius 1 is 1.38 bits per heavy atom. The van der Waals surface area contributed by atoms with E-state index in [-0.39, 0.29) is 18.4 Å². The van der Waals surface area contributed by atoms with Crippen molar-refractivity contribution in [2.24, 2.45) is 0 Å². The van der Waals surface area contributed by atoms with E-state index in [1.54, 1.807) is 4.90 Å². The van der Waals surface area contributed by atoms with Gasteiger partial charge in [-0.3, -0.25) is 9.59 Å². The van der Waals surface area contributed by atoms with Gasteiger partial charge in [-0.15, -0.1) is 0 Å². The molecule has 0 aliphatic carbocycles. The normalized spacial score (nSPS) is 22.0. The minimum Gasteiger partial charge on any atom is -0.477 e. The summed E-state index contributed by atoms with van der Waals surface area (Å²) in [6.45, 7) is 1.82. The molecule has 1 fully saturated rings. The van der Waals surface area contributed by atoms with Crippen LogP contribution in [0.5, 0.6) is 5.75 Å². The number of para-hydroxylation sites is 2. The van der Waals surface area contributed by atoms with Crippen LogP contribution in [0.1, 0.15) is 6.42 Å². The molecule has 0 aromatic heterocycles. The van der Waals surface area contributed by atoms with Crippen LogP contribution in [0, 0.1) is 0 Å². The van der Waals surface area contributed by atoms with Crippen LogP contribution in [0.4, 0.5) is 5.69 Å². The highest BCUT2D eigenvalue weighted by Gasteiger charge is 2.33. The maximum atomic E-state index is 12.6. The fourth-order valence-electron chi connectivity index (χ4n) is 2.74. The van der Waals surface area contributed by atoms with Gasteiger partial charge in [0.25, 0.3) is 5.91 Å². The Balaban J connectivity index is 1.75. The lowest BCUT2D eigenvalue weighted by Gasteiger charge is -2.35. The number of hydrogen-bond acceptors (Lipinski definition) is 4. The fraction of sp³-hybridized carbons (Fsp3) is 0.467. The third-order valence-electron chi connectivity index (χ3n) is 3.83. The molecule has 6 heteroatoms. The molecule has 2 amide bonds. The molecular formula is C15H19N3O3. The predicted octanol–water partition coefficient (Wildman–Crippen LogP) is 0.232.